The molecule has 1 atom stereocenters. The molecule has 10 heteroatoms. The number of carbonyl (C=O) groups is 4. The summed E-state index contributed by atoms with van der Waals surface area (Å²) in [5, 5.41) is 12.6. The van der Waals surface area contributed by atoms with Gasteiger partial charge in [-0.3, -0.25) is 34.7 Å². The van der Waals surface area contributed by atoms with Crippen LogP contribution < -0.4 is 5.32 Å². The van der Waals surface area contributed by atoms with Gasteiger partial charge in [-0.1, -0.05) is 0 Å². The van der Waals surface area contributed by atoms with Crippen LogP contribution in [0.3, 0.4) is 0 Å². The summed E-state index contributed by atoms with van der Waals surface area (Å²) in [6.45, 7) is 0. The van der Waals surface area contributed by atoms with Gasteiger partial charge in [0.2, 0.25) is 0 Å². The van der Waals surface area contributed by atoms with Crippen molar-refractivity contribution >= 4 is 35.7 Å². The predicted molar refractivity (Wildman–Crippen MR) is 69.4 cm³/mol. The Morgan fingerprint density at radius 3 is 2.45 bits per heavy atom. The molecule has 2 aliphatic rings. The maximum atomic E-state index is 12.3. The van der Waals surface area contributed by atoms with Gasteiger partial charge in [0, 0.05) is 18.3 Å². The number of urea groups is 1. The molecule has 1 N–H and O–H groups in total. The van der Waals surface area contributed by atoms with Crippen LogP contribution >= 0.6 is 0 Å². The number of carbonyl (C=O) groups excluding carboxylic acids is 4. The van der Waals surface area contributed by atoms with Crippen LogP contribution in [0.1, 0.15) is 20.7 Å². The maximum absolute atomic E-state index is 12.3. The molecular formula is C12H6N4O6. The van der Waals surface area contributed by atoms with Crippen LogP contribution in [0.2, 0.25) is 0 Å². The second-order valence-corrected chi connectivity index (χ2v) is 4.48. The monoisotopic (exact) mass is 302 g/mol. The fraction of sp³-hybridized carbons (Fsp3) is 0.0833. The highest BCUT2D eigenvalue weighted by Crippen LogP contribution is 2.28. The Bertz CT molecular complexity index is 799. The lowest BCUT2D eigenvalue weighted by molar-refractivity contribution is -0.384. The van der Waals surface area contributed by atoms with E-state index in [1.807, 2.05) is 5.32 Å². The van der Waals surface area contributed by atoms with E-state index in [2.05, 4.69) is 4.99 Å². The van der Waals surface area contributed by atoms with E-state index in [1.165, 1.54) is 0 Å². The van der Waals surface area contributed by atoms with Crippen LogP contribution in [0.15, 0.2) is 23.2 Å². The summed E-state index contributed by atoms with van der Waals surface area (Å²) >= 11 is 0. The molecule has 110 valence electrons. The summed E-state index contributed by atoms with van der Waals surface area (Å²) in [6.07, 6.45) is 0.886. The summed E-state index contributed by atoms with van der Waals surface area (Å²) in [5.41, 5.74) is -0.565. The summed E-state index contributed by atoms with van der Waals surface area (Å²) in [5.74, 6) is -2.51. The molecule has 1 aromatic rings. The number of amides is 5. The Kier molecular flexibility index (Phi) is 2.80. The van der Waals surface area contributed by atoms with E-state index >= 15 is 0 Å². The Balaban J connectivity index is 2.03. The van der Waals surface area contributed by atoms with E-state index in [1.54, 1.807) is 0 Å². The van der Waals surface area contributed by atoms with Gasteiger partial charge in [0.15, 0.2) is 6.04 Å². The molecule has 0 aliphatic carbocycles. The van der Waals surface area contributed by atoms with E-state index in [0.717, 1.165) is 24.4 Å². The molecule has 10 nitrogen and oxygen atoms in total. The molecule has 1 unspecified atom stereocenters. The lowest BCUT2D eigenvalue weighted by Crippen LogP contribution is -2.53. The Morgan fingerprint density at radius 1 is 1.14 bits per heavy atom. The molecule has 2 heterocycles. The highest BCUT2D eigenvalue weighted by molar-refractivity contribution is 6.26. The first-order valence-electron chi connectivity index (χ1n) is 5.95. The van der Waals surface area contributed by atoms with Gasteiger partial charge in [0.25, 0.3) is 23.4 Å². The van der Waals surface area contributed by atoms with E-state index in [-0.39, 0.29) is 16.8 Å². The van der Waals surface area contributed by atoms with Crippen molar-refractivity contribution in [3.63, 3.8) is 0 Å². The van der Waals surface area contributed by atoms with Crippen molar-refractivity contribution in [3.05, 3.63) is 39.4 Å². The molecule has 1 aromatic carbocycles. The van der Waals surface area contributed by atoms with Gasteiger partial charge in [0.05, 0.1) is 16.1 Å². The zero-order chi connectivity index (χ0) is 16.0. The van der Waals surface area contributed by atoms with Crippen molar-refractivity contribution in [3.8, 4) is 0 Å². The minimum Gasteiger partial charge on any atom is -0.274 e. The minimum absolute atomic E-state index is 0.0475. The Morgan fingerprint density at radius 2 is 1.82 bits per heavy atom. The van der Waals surface area contributed by atoms with Crippen molar-refractivity contribution in [2.75, 3.05) is 0 Å². The second-order valence-electron chi connectivity index (χ2n) is 4.48. The molecule has 0 aromatic heterocycles. The smallest absolute Gasteiger partial charge is 0.274 e. The Hall–Kier alpha value is -3.43. The number of benzene rings is 1. The SMILES string of the molecule is O=C1N=CC(N2C(=O)c3ccc([N+](=O)[O-])cc3C2=O)C(=O)N1. The molecule has 0 spiro atoms. The minimum atomic E-state index is -1.37. The number of fused-ring (bicyclic) bond motifs is 1. The number of imide groups is 2. The zero-order valence-electron chi connectivity index (χ0n) is 10.7. The average Bonchev–Trinajstić information content (AvgIpc) is 2.71. The predicted octanol–water partition coefficient (Wildman–Crippen LogP) is -0.120. The molecule has 0 bridgehead atoms. The molecule has 0 radical (unpaired) electrons. The van der Waals surface area contributed by atoms with E-state index < -0.39 is 34.7 Å². The molecule has 5 amide bonds. The molecule has 2 aliphatic heterocycles. The van der Waals surface area contributed by atoms with E-state index in [0.29, 0.717) is 4.90 Å². The molecule has 0 saturated carbocycles. The van der Waals surface area contributed by atoms with Crippen LogP contribution in [0.5, 0.6) is 0 Å². The van der Waals surface area contributed by atoms with Gasteiger partial charge in [-0.2, -0.15) is 0 Å². The number of rotatable bonds is 2. The first-order valence-corrected chi connectivity index (χ1v) is 5.95. The fourth-order valence-corrected chi connectivity index (χ4v) is 2.22. The van der Waals surface area contributed by atoms with Crippen molar-refractivity contribution in [2.24, 2.45) is 4.99 Å². The largest absolute Gasteiger partial charge is 0.347 e. The third-order valence-electron chi connectivity index (χ3n) is 3.22. The first-order chi connectivity index (χ1) is 10.4. The van der Waals surface area contributed by atoms with Gasteiger partial charge >= 0.3 is 6.03 Å². The number of aliphatic imine (C=N–C) groups is 1. The maximum Gasteiger partial charge on any atom is 0.347 e. The van der Waals surface area contributed by atoms with Crippen LogP contribution in [0, 0.1) is 10.1 Å². The van der Waals surface area contributed by atoms with Crippen molar-refractivity contribution in [1.29, 1.82) is 0 Å². The standard InChI is InChI=1S/C12H6N4O6/c17-9-8(4-13-12(20)14-9)15-10(18)6-2-1-5(16(21)22)3-7(6)11(15)19/h1-4,8H,(H,14,17,20). The number of non-ortho nitro benzene ring substituents is 1. The number of hydrogen-bond donors (Lipinski definition) is 1. The summed E-state index contributed by atoms with van der Waals surface area (Å²) in [4.78, 5) is 61.1. The van der Waals surface area contributed by atoms with Gasteiger partial charge in [-0.15, -0.1) is 0 Å². The molecular weight excluding hydrogens is 296 g/mol. The number of nitrogens with zero attached hydrogens (tertiary/aromatic N) is 3. The topological polar surface area (TPSA) is 139 Å². The van der Waals surface area contributed by atoms with Gasteiger partial charge in [0.1, 0.15) is 0 Å². The lowest BCUT2D eigenvalue weighted by Gasteiger charge is -2.23. The highest BCUT2D eigenvalue weighted by atomic mass is 16.6. The molecule has 3 rings (SSSR count). The van der Waals surface area contributed by atoms with Crippen LogP contribution in [-0.4, -0.2) is 45.8 Å². The second kappa shape index (κ2) is 4.55. The summed E-state index contributed by atoms with van der Waals surface area (Å²) < 4.78 is 0. The number of nitro groups is 1. The summed E-state index contributed by atoms with van der Waals surface area (Å²) in [7, 11) is 0. The normalized spacial score (nSPS) is 20.2. The third-order valence-corrected chi connectivity index (χ3v) is 3.22. The van der Waals surface area contributed by atoms with Gasteiger partial charge < -0.3 is 0 Å². The first kappa shape index (κ1) is 13.5. The molecule has 22 heavy (non-hydrogen) atoms. The van der Waals surface area contributed by atoms with Crippen LogP contribution in [-0.2, 0) is 4.79 Å². The van der Waals surface area contributed by atoms with Gasteiger partial charge in [-0.05, 0) is 6.07 Å². The van der Waals surface area contributed by atoms with E-state index in [9.17, 15) is 29.3 Å². The Labute approximate surface area is 121 Å². The van der Waals surface area contributed by atoms with Crippen molar-refractivity contribution in [2.45, 2.75) is 6.04 Å². The van der Waals surface area contributed by atoms with Crippen molar-refractivity contribution < 1.29 is 24.1 Å². The van der Waals surface area contributed by atoms with Crippen LogP contribution in [0.25, 0.3) is 0 Å². The average molecular weight is 302 g/mol. The summed E-state index contributed by atoms with van der Waals surface area (Å²) in [6, 6.07) is 0.944. The fourth-order valence-electron chi connectivity index (χ4n) is 2.22. The van der Waals surface area contributed by atoms with Crippen molar-refractivity contribution in [1.82, 2.24) is 10.2 Å². The van der Waals surface area contributed by atoms with E-state index in [4.69, 9.17) is 0 Å². The third kappa shape index (κ3) is 1.85. The number of nitro benzene ring substituents is 1. The zero-order valence-corrected chi connectivity index (χ0v) is 10.7. The molecule has 0 fully saturated rings. The quantitative estimate of drug-likeness (QED) is 0.459. The number of hydrogen-bond acceptors (Lipinski definition) is 6. The highest BCUT2D eigenvalue weighted by Gasteiger charge is 2.44. The molecule has 0 saturated heterocycles. The van der Waals surface area contributed by atoms with Crippen LogP contribution in [0.4, 0.5) is 10.5 Å². The lowest BCUT2D eigenvalue weighted by atomic mass is 10.1. The number of nitrogens with one attached hydrogen (secondary N) is 1. The van der Waals surface area contributed by atoms with Gasteiger partial charge in [-0.25, -0.2) is 9.79 Å².